The van der Waals surface area contributed by atoms with E-state index < -0.39 is 25.6 Å². The molecular formula is C37H36N10O8S2. The van der Waals surface area contributed by atoms with E-state index in [1.807, 2.05) is 37.3 Å². The lowest BCUT2D eigenvalue weighted by atomic mass is 10.2. The highest BCUT2D eigenvalue weighted by atomic mass is 32.2. The number of hydrogen-bond acceptors (Lipinski definition) is 14. The van der Waals surface area contributed by atoms with Crippen LogP contribution in [0.15, 0.2) is 123 Å². The summed E-state index contributed by atoms with van der Waals surface area (Å²) in [6.07, 6.45) is 2.65. The molecule has 0 aliphatic carbocycles. The first kappa shape index (κ1) is 39.9. The Bertz CT molecular complexity index is 2930. The Morgan fingerprint density at radius 2 is 1.09 bits per heavy atom. The number of nitrogens with zero attached hydrogens (tertiary/aromatic N) is 6. The molecule has 0 unspecified atom stereocenters. The summed E-state index contributed by atoms with van der Waals surface area (Å²) in [6.45, 7) is 4.44. The van der Waals surface area contributed by atoms with Crippen molar-refractivity contribution in [3.8, 4) is 0 Å². The zero-order chi connectivity index (χ0) is 40.9. The quantitative estimate of drug-likeness (QED) is 0.118. The van der Waals surface area contributed by atoms with E-state index in [0.717, 1.165) is 16.7 Å². The van der Waals surface area contributed by atoms with E-state index in [0.29, 0.717) is 57.0 Å². The maximum atomic E-state index is 12.8. The molecule has 4 aromatic heterocycles. The molecule has 0 bridgehead atoms. The Labute approximate surface area is 325 Å². The fourth-order valence-electron chi connectivity index (χ4n) is 5.69. The molecule has 294 valence electrons. The molecule has 0 spiro atoms. The van der Waals surface area contributed by atoms with Crippen LogP contribution in [0.3, 0.4) is 0 Å². The van der Waals surface area contributed by atoms with Crippen LogP contribution in [0.2, 0.25) is 0 Å². The first-order chi connectivity index (χ1) is 27.1. The van der Waals surface area contributed by atoms with Crippen LogP contribution in [-0.4, -0.2) is 51.4 Å². The van der Waals surface area contributed by atoms with Gasteiger partial charge in [-0.15, -0.1) is 9.46 Å². The molecule has 7 N–H and O–H groups in total. The van der Waals surface area contributed by atoms with E-state index in [2.05, 4.69) is 30.6 Å². The number of rotatable bonds is 11. The summed E-state index contributed by atoms with van der Waals surface area (Å²) in [5.74, 6) is 0. The Morgan fingerprint density at radius 3 is 1.58 bits per heavy atom. The van der Waals surface area contributed by atoms with E-state index in [9.17, 15) is 31.6 Å². The summed E-state index contributed by atoms with van der Waals surface area (Å²) in [5.41, 5.74) is 4.27. The molecule has 0 saturated carbocycles. The molecule has 7 aromatic rings. The van der Waals surface area contributed by atoms with Crippen LogP contribution in [0.4, 0.5) is 11.4 Å². The molecule has 0 aliphatic rings. The topological polar surface area (TPSA) is 269 Å². The predicted octanol–water partition coefficient (Wildman–Crippen LogP) is 2.58. The standard InChI is InChI=1S/C22H21N5O4S.C15H15N5O4S/c1-15-21-19(24-12-16-7-9-18(10-8-16)32(23,29)30)11-20(28)27(22(21)26-14-25-15)31-13-17-5-3-2-4-6-17;1-9-14-12(6-13(21)20(22)15(14)19-8-18-9)17-7-10-2-4-11(5-3-10)25(16,23)24/h2-11,14,24H,12-13H2,1H3,(H2,23,29,30);2-6,8,17,22H,7H2,1H3,(H2,16,23,24). The first-order valence-electron chi connectivity index (χ1n) is 16.9. The molecule has 0 radical (unpaired) electrons. The molecule has 0 atom stereocenters. The molecule has 7 rings (SSSR count). The SMILES string of the molecule is Cc1ncnc2c1c(NCc1ccc(S(N)(=O)=O)cc1)cc(=O)n2O.Cc1ncnc2c1c(NCc1ccc(S(N)(=O)=O)cc1)cc(=O)n2OCc1ccccc1. The number of aromatic nitrogens is 6. The highest BCUT2D eigenvalue weighted by Crippen LogP contribution is 2.24. The second-order valence-electron chi connectivity index (χ2n) is 12.6. The molecule has 4 heterocycles. The van der Waals surface area contributed by atoms with Gasteiger partial charge in [-0.05, 0) is 54.8 Å². The summed E-state index contributed by atoms with van der Waals surface area (Å²) in [5, 5.41) is 27.5. The monoisotopic (exact) mass is 812 g/mol. The average molecular weight is 813 g/mol. The van der Waals surface area contributed by atoms with Crippen LogP contribution >= 0.6 is 0 Å². The number of benzene rings is 3. The third kappa shape index (κ3) is 9.39. The minimum absolute atomic E-state index is 0.0221. The van der Waals surface area contributed by atoms with E-state index in [1.165, 1.54) is 53.8 Å². The number of hydrogen-bond donors (Lipinski definition) is 5. The number of fused-ring (bicyclic) bond motifs is 2. The number of pyridine rings is 2. The molecular weight excluding hydrogens is 777 g/mol. The van der Waals surface area contributed by atoms with Gasteiger partial charge in [0, 0.05) is 25.2 Å². The van der Waals surface area contributed by atoms with Gasteiger partial charge < -0.3 is 20.7 Å². The van der Waals surface area contributed by atoms with Crippen molar-refractivity contribution in [1.29, 1.82) is 0 Å². The minimum atomic E-state index is -3.75. The van der Waals surface area contributed by atoms with Gasteiger partial charge in [0.1, 0.15) is 19.3 Å². The number of aryl methyl sites for hydroxylation is 2. The second-order valence-corrected chi connectivity index (χ2v) is 15.7. The average Bonchev–Trinajstić information content (AvgIpc) is 3.18. The van der Waals surface area contributed by atoms with Crippen molar-refractivity contribution in [2.45, 2.75) is 43.3 Å². The number of anilines is 2. The number of sulfonamides is 2. The number of nitrogens with two attached hydrogens (primary N) is 2. The van der Waals surface area contributed by atoms with Gasteiger partial charge in [-0.25, -0.2) is 47.0 Å². The Balaban J connectivity index is 0.000000199. The first-order valence-corrected chi connectivity index (χ1v) is 20.0. The van der Waals surface area contributed by atoms with Gasteiger partial charge in [0.15, 0.2) is 11.3 Å². The minimum Gasteiger partial charge on any atom is -0.423 e. The fourth-order valence-corrected chi connectivity index (χ4v) is 6.72. The molecule has 0 saturated heterocycles. The Hall–Kier alpha value is -6.74. The summed E-state index contributed by atoms with van der Waals surface area (Å²) in [4.78, 5) is 47.0. The van der Waals surface area contributed by atoms with Crippen LogP contribution in [0.25, 0.3) is 22.1 Å². The highest BCUT2D eigenvalue weighted by molar-refractivity contribution is 7.89. The van der Waals surface area contributed by atoms with Crippen molar-refractivity contribution in [1.82, 2.24) is 29.4 Å². The van der Waals surface area contributed by atoms with Gasteiger partial charge >= 0.3 is 0 Å². The van der Waals surface area contributed by atoms with Crippen molar-refractivity contribution < 1.29 is 26.9 Å². The summed E-state index contributed by atoms with van der Waals surface area (Å²) >= 11 is 0. The van der Waals surface area contributed by atoms with E-state index in [-0.39, 0.29) is 27.6 Å². The zero-order valence-corrected chi connectivity index (χ0v) is 32.0. The van der Waals surface area contributed by atoms with Gasteiger partial charge in [0.25, 0.3) is 11.1 Å². The highest BCUT2D eigenvalue weighted by Gasteiger charge is 2.16. The van der Waals surface area contributed by atoms with Crippen LogP contribution < -0.4 is 36.9 Å². The van der Waals surface area contributed by atoms with Gasteiger partial charge in [0.05, 0.1) is 43.3 Å². The zero-order valence-electron chi connectivity index (χ0n) is 30.4. The molecule has 0 aliphatic heterocycles. The molecule has 57 heavy (non-hydrogen) atoms. The molecule has 3 aromatic carbocycles. The van der Waals surface area contributed by atoms with Crippen LogP contribution in [0, 0.1) is 13.8 Å². The van der Waals surface area contributed by atoms with E-state index in [4.69, 9.17) is 15.1 Å². The third-order valence-corrected chi connectivity index (χ3v) is 10.4. The third-order valence-electron chi connectivity index (χ3n) is 8.58. The van der Waals surface area contributed by atoms with E-state index >= 15 is 0 Å². The van der Waals surface area contributed by atoms with E-state index in [1.54, 1.807) is 31.2 Å². The largest absolute Gasteiger partial charge is 0.423 e. The van der Waals surface area contributed by atoms with Crippen molar-refractivity contribution in [2.24, 2.45) is 10.3 Å². The molecule has 18 nitrogen and oxygen atoms in total. The summed E-state index contributed by atoms with van der Waals surface area (Å²) in [6, 6.07) is 24.4. The summed E-state index contributed by atoms with van der Waals surface area (Å²) < 4.78 is 47.0. The van der Waals surface area contributed by atoms with Gasteiger partial charge in [-0.2, -0.15) is 0 Å². The second kappa shape index (κ2) is 16.5. The molecule has 20 heteroatoms. The lowest BCUT2D eigenvalue weighted by Gasteiger charge is -2.15. The smallest absolute Gasteiger partial charge is 0.287 e. The summed E-state index contributed by atoms with van der Waals surface area (Å²) in [7, 11) is -7.49. The molecule has 0 amide bonds. The normalized spacial score (nSPS) is 11.5. The number of nitrogens with one attached hydrogen (secondary N) is 2. The van der Waals surface area contributed by atoms with Crippen LogP contribution in [0.5, 0.6) is 0 Å². The lowest BCUT2D eigenvalue weighted by molar-refractivity contribution is 0.0979. The van der Waals surface area contributed by atoms with Crippen LogP contribution in [0.1, 0.15) is 28.1 Å². The predicted molar refractivity (Wildman–Crippen MR) is 211 cm³/mol. The van der Waals surface area contributed by atoms with Crippen LogP contribution in [-0.2, 0) is 39.7 Å². The Morgan fingerprint density at radius 1 is 0.632 bits per heavy atom. The van der Waals surface area contributed by atoms with Gasteiger partial charge in [-0.1, -0.05) is 54.6 Å². The van der Waals surface area contributed by atoms with Crippen molar-refractivity contribution in [3.05, 3.63) is 152 Å². The van der Waals surface area contributed by atoms with Crippen molar-refractivity contribution in [2.75, 3.05) is 10.6 Å². The van der Waals surface area contributed by atoms with Crippen molar-refractivity contribution in [3.63, 3.8) is 0 Å². The lowest BCUT2D eigenvalue weighted by Crippen LogP contribution is -2.28. The van der Waals surface area contributed by atoms with Gasteiger partial charge in [-0.3, -0.25) is 9.59 Å². The Kier molecular flexibility index (Phi) is 11.6. The number of primary sulfonamides is 2. The maximum absolute atomic E-state index is 12.8. The fraction of sp³-hybridized carbons (Fsp3) is 0.135. The molecule has 0 fully saturated rings. The van der Waals surface area contributed by atoms with Gasteiger partial charge in [0.2, 0.25) is 20.0 Å². The maximum Gasteiger partial charge on any atom is 0.287 e. The van der Waals surface area contributed by atoms with Crippen molar-refractivity contribution >= 4 is 53.5 Å².